The Morgan fingerprint density at radius 2 is 1.67 bits per heavy atom. The van der Waals surface area contributed by atoms with E-state index in [0.717, 1.165) is 4.57 Å². The Kier molecular flexibility index (Phi) is 8.60. The van der Waals surface area contributed by atoms with Crippen molar-refractivity contribution in [1.82, 2.24) is 29.1 Å². The molecule has 0 spiro atoms. The average Bonchev–Trinajstić information content (AvgIpc) is 3.60. The molecule has 2 fully saturated rings. The number of hydrogen-bond donors (Lipinski definition) is 7. The molecule has 23 heteroatoms. The SMILES string of the molecule is Cc1cn([C@H]2C[C@H](OP(=O)(O)O)[C@@H](COP(=O)(O)O[C@H]3C[C@H](n4cnc5c(=O)[nH]c(N)nc54)O[C@@H]3CO)O2)c(=O)[nH]c1=O. The van der Waals surface area contributed by atoms with Crippen molar-refractivity contribution in [2.75, 3.05) is 18.9 Å². The number of phosphoric ester groups is 2. The smallest absolute Gasteiger partial charge is 0.394 e. The summed E-state index contributed by atoms with van der Waals surface area (Å²) in [4.78, 5) is 77.6. The molecular formula is C20H27N7O14P2. The van der Waals surface area contributed by atoms with Gasteiger partial charge in [-0.1, -0.05) is 0 Å². The van der Waals surface area contributed by atoms with Crippen LogP contribution in [0.2, 0.25) is 0 Å². The van der Waals surface area contributed by atoms with Crippen molar-refractivity contribution in [2.45, 2.75) is 56.6 Å². The summed E-state index contributed by atoms with van der Waals surface area (Å²) in [6.45, 7) is -0.000953. The first kappa shape index (κ1) is 31.4. The number of aromatic nitrogens is 6. The van der Waals surface area contributed by atoms with Gasteiger partial charge in [0.15, 0.2) is 11.2 Å². The summed E-state index contributed by atoms with van der Waals surface area (Å²) < 4.78 is 53.2. The van der Waals surface area contributed by atoms with E-state index in [1.54, 1.807) is 0 Å². The zero-order valence-corrected chi connectivity index (χ0v) is 23.9. The summed E-state index contributed by atoms with van der Waals surface area (Å²) in [5.41, 5.74) is 3.67. The van der Waals surface area contributed by atoms with Crippen LogP contribution in [0.15, 0.2) is 26.9 Å². The summed E-state index contributed by atoms with van der Waals surface area (Å²) in [5.74, 6) is -0.185. The first-order chi connectivity index (χ1) is 20.1. The molecule has 7 atom stereocenters. The maximum absolute atomic E-state index is 12.9. The van der Waals surface area contributed by atoms with Crippen molar-refractivity contribution < 1.29 is 52.0 Å². The van der Waals surface area contributed by atoms with E-state index in [9.17, 15) is 43.3 Å². The zero-order chi connectivity index (χ0) is 31.3. The molecule has 1 unspecified atom stereocenters. The number of fused-ring (bicyclic) bond motifs is 1. The molecular weight excluding hydrogens is 624 g/mol. The average molecular weight is 651 g/mol. The number of nitrogens with one attached hydrogen (secondary N) is 2. The van der Waals surface area contributed by atoms with E-state index in [0.29, 0.717) is 0 Å². The van der Waals surface area contributed by atoms with E-state index in [1.807, 2.05) is 0 Å². The van der Waals surface area contributed by atoms with Gasteiger partial charge in [0.1, 0.15) is 36.9 Å². The topological polar surface area (TPSA) is 306 Å². The maximum Gasteiger partial charge on any atom is 0.472 e. The molecule has 0 amide bonds. The number of rotatable bonds is 10. The molecule has 0 bridgehead atoms. The predicted molar refractivity (Wildman–Crippen MR) is 140 cm³/mol. The van der Waals surface area contributed by atoms with Crippen molar-refractivity contribution in [3.05, 3.63) is 49.3 Å². The summed E-state index contributed by atoms with van der Waals surface area (Å²) in [6.07, 6.45) is -5.27. The number of H-pyrrole nitrogens is 2. The largest absolute Gasteiger partial charge is 0.472 e. The highest BCUT2D eigenvalue weighted by molar-refractivity contribution is 7.47. The van der Waals surface area contributed by atoms with Crippen molar-refractivity contribution in [1.29, 1.82) is 0 Å². The molecule has 43 heavy (non-hydrogen) atoms. The molecule has 3 aromatic heterocycles. The van der Waals surface area contributed by atoms with E-state index in [-0.39, 0.29) is 35.5 Å². The first-order valence-corrected chi connectivity index (χ1v) is 15.5. The van der Waals surface area contributed by atoms with Crippen molar-refractivity contribution in [3.63, 3.8) is 0 Å². The minimum Gasteiger partial charge on any atom is -0.394 e. The molecule has 0 saturated carbocycles. The highest BCUT2D eigenvalue weighted by Crippen LogP contribution is 2.50. The zero-order valence-electron chi connectivity index (χ0n) is 22.1. The van der Waals surface area contributed by atoms with Crippen LogP contribution >= 0.6 is 15.6 Å². The Hall–Kier alpha value is -3.07. The fourth-order valence-electron chi connectivity index (χ4n) is 4.78. The minimum atomic E-state index is -5.09. The number of aliphatic hydroxyl groups excluding tert-OH is 1. The lowest BCUT2D eigenvalue weighted by molar-refractivity contribution is -0.0562. The first-order valence-electron chi connectivity index (χ1n) is 12.5. The third-order valence-electron chi connectivity index (χ3n) is 6.70. The van der Waals surface area contributed by atoms with Gasteiger partial charge in [-0.05, 0) is 6.92 Å². The van der Waals surface area contributed by atoms with Crippen LogP contribution in [0.1, 0.15) is 30.9 Å². The van der Waals surface area contributed by atoms with Gasteiger partial charge in [0.05, 0.1) is 19.5 Å². The summed E-state index contributed by atoms with van der Waals surface area (Å²) in [7, 11) is -10.0. The summed E-state index contributed by atoms with van der Waals surface area (Å²) in [5, 5.41) is 9.80. The van der Waals surface area contributed by atoms with Gasteiger partial charge in [-0.15, -0.1) is 0 Å². The van der Waals surface area contributed by atoms with E-state index in [1.165, 1.54) is 24.0 Å². The Balaban J connectivity index is 1.28. The monoisotopic (exact) mass is 651 g/mol. The van der Waals surface area contributed by atoms with Gasteiger partial charge < -0.3 is 35.0 Å². The highest BCUT2D eigenvalue weighted by atomic mass is 31.2. The molecule has 5 heterocycles. The number of phosphoric acid groups is 2. The number of nitrogen functional groups attached to an aromatic ring is 1. The Labute approximate surface area is 239 Å². The van der Waals surface area contributed by atoms with Crippen LogP contribution < -0.4 is 22.5 Å². The van der Waals surface area contributed by atoms with Gasteiger partial charge >= 0.3 is 21.3 Å². The number of anilines is 1. The number of aliphatic hydroxyl groups is 1. The third-order valence-corrected chi connectivity index (χ3v) is 8.26. The van der Waals surface area contributed by atoms with Crippen LogP contribution in [0.3, 0.4) is 0 Å². The lowest BCUT2D eigenvalue weighted by atomic mass is 10.2. The molecule has 2 saturated heterocycles. The number of nitrogens with zero attached hydrogens (tertiary/aromatic N) is 4. The van der Waals surface area contributed by atoms with Gasteiger partial charge in [-0.2, -0.15) is 4.98 Å². The summed E-state index contributed by atoms with van der Waals surface area (Å²) >= 11 is 0. The maximum atomic E-state index is 12.9. The van der Waals surface area contributed by atoms with Crippen molar-refractivity contribution >= 4 is 32.8 Å². The van der Waals surface area contributed by atoms with Crippen molar-refractivity contribution in [2.24, 2.45) is 0 Å². The second kappa shape index (κ2) is 11.8. The number of nitrogens with two attached hydrogens (primary N) is 1. The number of imidazole rings is 1. The quantitative estimate of drug-likeness (QED) is 0.118. The van der Waals surface area contributed by atoms with E-state index >= 15 is 0 Å². The fourth-order valence-corrected chi connectivity index (χ4v) is 6.31. The highest BCUT2D eigenvalue weighted by Gasteiger charge is 2.45. The van der Waals surface area contributed by atoms with Crippen LogP contribution in [0.5, 0.6) is 0 Å². The lowest BCUT2D eigenvalue weighted by Crippen LogP contribution is -2.33. The predicted octanol–water partition coefficient (Wildman–Crippen LogP) is -1.89. The molecule has 3 aromatic rings. The Morgan fingerprint density at radius 1 is 1.02 bits per heavy atom. The van der Waals surface area contributed by atoms with Gasteiger partial charge in [-0.25, -0.2) is 18.9 Å². The fraction of sp³-hybridized carbons (Fsp3) is 0.550. The Morgan fingerprint density at radius 3 is 2.35 bits per heavy atom. The second-order valence-corrected chi connectivity index (χ2v) is 12.3. The van der Waals surface area contributed by atoms with Crippen molar-refractivity contribution in [3.8, 4) is 0 Å². The molecule has 2 aliphatic rings. The number of aromatic amines is 2. The molecule has 5 rings (SSSR count). The molecule has 21 nitrogen and oxygen atoms in total. The van der Waals surface area contributed by atoms with E-state index in [2.05, 4.69) is 19.9 Å². The third kappa shape index (κ3) is 6.87. The number of hydrogen-bond acceptors (Lipinski definition) is 14. The molecule has 0 radical (unpaired) electrons. The van der Waals surface area contributed by atoms with Crippen LogP contribution in [0, 0.1) is 6.92 Å². The van der Waals surface area contributed by atoms with Gasteiger partial charge in [0.2, 0.25) is 5.95 Å². The van der Waals surface area contributed by atoms with E-state index < -0.39 is 82.5 Å². The van der Waals surface area contributed by atoms with Gasteiger partial charge in [0.25, 0.3) is 11.1 Å². The molecule has 0 aliphatic carbocycles. The number of ether oxygens (including phenoxy) is 2. The van der Waals surface area contributed by atoms with Crippen LogP contribution in [0.4, 0.5) is 5.95 Å². The molecule has 236 valence electrons. The second-order valence-electron chi connectivity index (χ2n) is 9.71. The van der Waals surface area contributed by atoms with E-state index in [4.69, 9.17) is 28.8 Å². The molecule has 2 aliphatic heterocycles. The summed E-state index contributed by atoms with van der Waals surface area (Å²) in [6, 6.07) is 0. The van der Waals surface area contributed by atoms with Crippen LogP contribution in [0.25, 0.3) is 11.2 Å². The van der Waals surface area contributed by atoms with Crippen LogP contribution in [-0.4, -0.2) is 86.5 Å². The standard InChI is InChI=1S/C20H27N7O14P2/c1-8-4-26(20(31)25-17(8)29)13-3-10(40-42(32,33)34)12(39-13)6-37-43(35,36)41-9-2-14(38-11(9)5-28)27-7-22-15-16(27)23-19(21)24-18(15)30/h4,7,9-14,28H,2-3,5-6H2,1H3,(H,35,36)(H,25,29,31)(H2,32,33,34)(H3,21,23,24,30)/t9-,10-,11+,12+,13+,14+/m0/s1. The normalized spacial score (nSPS) is 27.6. The Bertz CT molecular complexity index is 1780. The van der Waals surface area contributed by atoms with Gasteiger partial charge in [0, 0.05) is 24.6 Å². The molecule has 0 aromatic carbocycles. The minimum absolute atomic E-state index is 0.0416. The van der Waals surface area contributed by atoms with Crippen LogP contribution in [-0.2, 0) is 32.2 Å². The molecule has 8 N–H and O–H groups in total. The van der Waals surface area contributed by atoms with Gasteiger partial charge in [-0.3, -0.25) is 42.3 Å². The number of aryl methyl sites for hydroxylation is 1. The lowest BCUT2D eigenvalue weighted by Gasteiger charge is -2.23.